The van der Waals surface area contributed by atoms with Crippen LogP contribution < -0.4 is 5.32 Å². The third kappa shape index (κ3) is 2.72. The standard InChI is InChI=1S/C14H15Cl2NO/c1-9-6-7-18-14(9)13(17-2)8-10-11(15)4-3-5-12(10)16/h3-7,13,17H,8H2,1-2H3. The average molecular weight is 284 g/mol. The van der Waals surface area contributed by atoms with Crippen LogP contribution in [0.25, 0.3) is 0 Å². The Morgan fingerprint density at radius 2 is 1.89 bits per heavy atom. The summed E-state index contributed by atoms with van der Waals surface area (Å²) in [4.78, 5) is 0. The Kier molecular flexibility index (Phi) is 4.33. The van der Waals surface area contributed by atoms with Crippen LogP contribution in [0.15, 0.2) is 34.9 Å². The second-order valence-corrected chi connectivity index (χ2v) is 5.03. The van der Waals surface area contributed by atoms with E-state index in [1.807, 2.05) is 38.2 Å². The van der Waals surface area contributed by atoms with E-state index in [1.165, 1.54) is 0 Å². The molecule has 0 saturated heterocycles. The first-order chi connectivity index (χ1) is 8.63. The van der Waals surface area contributed by atoms with Gasteiger partial charge in [-0.15, -0.1) is 0 Å². The average Bonchev–Trinajstić information content (AvgIpc) is 2.76. The van der Waals surface area contributed by atoms with Crippen molar-refractivity contribution in [3.05, 3.63) is 57.5 Å². The van der Waals surface area contributed by atoms with Gasteiger partial charge in [0.2, 0.25) is 0 Å². The van der Waals surface area contributed by atoms with Gasteiger partial charge in [-0.3, -0.25) is 0 Å². The minimum atomic E-state index is 0.0670. The molecule has 2 aromatic rings. The van der Waals surface area contributed by atoms with Gasteiger partial charge in [-0.2, -0.15) is 0 Å². The van der Waals surface area contributed by atoms with E-state index in [-0.39, 0.29) is 6.04 Å². The lowest BCUT2D eigenvalue weighted by Gasteiger charge is -2.16. The van der Waals surface area contributed by atoms with Crippen LogP contribution in [0.4, 0.5) is 0 Å². The summed E-state index contributed by atoms with van der Waals surface area (Å²) in [5, 5.41) is 4.61. The molecule has 2 nitrogen and oxygen atoms in total. The molecule has 1 heterocycles. The van der Waals surface area contributed by atoms with Gasteiger partial charge in [-0.1, -0.05) is 29.3 Å². The van der Waals surface area contributed by atoms with Crippen LogP contribution in [0.3, 0.4) is 0 Å². The summed E-state index contributed by atoms with van der Waals surface area (Å²) in [5.74, 6) is 0.925. The molecule has 1 unspecified atom stereocenters. The minimum Gasteiger partial charge on any atom is -0.467 e. The zero-order valence-electron chi connectivity index (χ0n) is 10.3. The van der Waals surface area contributed by atoms with Crippen molar-refractivity contribution in [1.82, 2.24) is 5.32 Å². The molecule has 0 saturated carbocycles. The maximum absolute atomic E-state index is 6.19. The fraction of sp³-hybridized carbons (Fsp3) is 0.286. The van der Waals surface area contributed by atoms with Crippen molar-refractivity contribution >= 4 is 23.2 Å². The molecule has 0 fully saturated rings. The molecule has 0 aliphatic heterocycles. The molecule has 0 spiro atoms. The van der Waals surface area contributed by atoms with Crippen LogP contribution in [-0.2, 0) is 6.42 Å². The van der Waals surface area contributed by atoms with E-state index >= 15 is 0 Å². The molecule has 2 rings (SSSR count). The second-order valence-electron chi connectivity index (χ2n) is 4.21. The van der Waals surface area contributed by atoms with E-state index in [1.54, 1.807) is 6.26 Å². The monoisotopic (exact) mass is 283 g/mol. The van der Waals surface area contributed by atoms with Gasteiger partial charge >= 0.3 is 0 Å². The van der Waals surface area contributed by atoms with Crippen molar-refractivity contribution in [3.63, 3.8) is 0 Å². The predicted molar refractivity (Wildman–Crippen MR) is 75.4 cm³/mol. The van der Waals surface area contributed by atoms with E-state index in [0.717, 1.165) is 16.9 Å². The van der Waals surface area contributed by atoms with Gasteiger partial charge in [0, 0.05) is 10.0 Å². The van der Waals surface area contributed by atoms with Crippen molar-refractivity contribution < 1.29 is 4.42 Å². The third-order valence-corrected chi connectivity index (χ3v) is 3.74. The highest BCUT2D eigenvalue weighted by Crippen LogP contribution is 2.30. The Morgan fingerprint density at radius 1 is 1.22 bits per heavy atom. The van der Waals surface area contributed by atoms with Crippen molar-refractivity contribution in [2.45, 2.75) is 19.4 Å². The fourth-order valence-corrected chi connectivity index (χ4v) is 2.55. The van der Waals surface area contributed by atoms with E-state index in [2.05, 4.69) is 5.32 Å². The number of nitrogens with one attached hydrogen (secondary N) is 1. The second kappa shape index (κ2) is 5.79. The summed E-state index contributed by atoms with van der Waals surface area (Å²) >= 11 is 12.4. The van der Waals surface area contributed by atoms with E-state index in [9.17, 15) is 0 Å². The Morgan fingerprint density at radius 3 is 2.39 bits per heavy atom. The van der Waals surface area contributed by atoms with Crippen LogP contribution in [-0.4, -0.2) is 7.05 Å². The molecule has 0 aliphatic carbocycles. The molecule has 1 aromatic heterocycles. The normalized spacial score (nSPS) is 12.7. The largest absolute Gasteiger partial charge is 0.467 e. The molecule has 0 bridgehead atoms. The van der Waals surface area contributed by atoms with Gasteiger partial charge in [0.15, 0.2) is 0 Å². The molecular weight excluding hydrogens is 269 g/mol. The number of furan rings is 1. The minimum absolute atomic E-state index is 0.0670. The highest BCUT2D eigenvalue weighted by Gasteiger charge is 2.18. The number of likely N-dealkylation sites (N-methyl/N-ethyl adjacent to an activating group) is 1. The highest BCUT2D eigenvalue weighted by atomic mass is 35.5. The van der Waals surface area contributed by atoms with Crippen molar-refractivity contribution in [2.75, 3.05) is 7.05 Å². The SMILES string of the molecule is CNC(Cc1c(Cl)cccc1Cl)c1occc1C. The van der Waals surface area contributed by atoms with Gasteiger partial charge in [-0.05, 0) is 49.7 Å². The van der Waals surface area contributed by atoms with Gasteiger partial charge < -0.3 is 9.73 Å². The van der Waals surface area contributed by atoms with Crippen LogP contribution in [0.5, 0.6) is 0 Å². The maximum atomic E-state index is 6.19. The highest BCUT2D eigenvalue weighted by molar-refractivity contribution is 6.36. The van der Waals surface area contributed by atoms with Crippen molar-refractivity contribution in [2.24, 2.45) is 0 Å². The predicted octanol–water partition coefficient (Wildman–Crippen LogP) is 4.40. The van der Waals surface area contributed by atoms with Crippen LogP contribution in [0.1, 0.15) is 22.9 Å². The summed E-state index contributed by atoms with van der Waals surface area (Å²) in [6.07, 6.45) is 2.40. The Balaban J connectivity index is 2.29. The molecule has 4 heteroatoms. The van der Waals surface area contributed by atoms with Gasteiger partial charge in [0.25, 0.3) is 0 Å². The summed E-state index contributed by atoms with van der Waals surface area (Å²) in [5.41, 5.74) is 2.06. The topological polar surface area (TPSA) is 25.2 Å². The van der Waals surface area contributed by atoms with E-state index in [0.29, 0.717) is 16.5 Å². The number of hydrogen-bond acceptors (Lipinski definition) is 2. The Labute approximate surface area is 117 Å². The molecule has 96 valence electrons. The fourth-order valence-electron chi connectivity index (χ4n) is 2.00. The van der Waals surface area contributed by atoms with Crippen LogP contribution in [0.2, 0.25) is 10.0 Å². The first-order valence-corrected chi connectivity index (χ1v) is 6.53. The smallest absolute Gasteiger partial charge is 0.123 e. The molecule has 18 heavy (non-hydrogen) atoms. The first kappa shape index (κ1) is 13.5. The molecule has 0 radical (unpaired) electrons. The van der Waals surface area contributed by atoms with E-state index in [4.69, 9.17) is 27.6 Å². The van der Waals surface area contributed by atoms with Crippen LogP contribution in [0, 0.1) is 6.92 Å². The molecule has 1 aromatic carbocycles. The quantitative estimate of drug-likeness (QED) is 0.900. The number of benzene rings is 1. The van der Waals surface area contributed by atoms with Crippen molar-refractivity contribution in [1.29, 1.82) is 0 Å². The Hall–Kier alpha value is -0.960. The van der Waals surface area contributed by atoms with Gasteiger partial charge in [-0.25, -0.2) is 0 Å². The van der Waals surface area contributed by atoms with E-state index < -0.39 is 0 Å². The lowest BCUT2D eigenvalue weighted by atomic mass is 10.0. The lowest BCUT2D eigenvalue weighted by Crippen LogP contribution is -2.19. The molecular formula is C14H15Cl2NO. The molecule has 1 atom stereocenters. The zero-order chi connectivity index (χ0) is 13.1. The summed E-state index contributed by atoms with van der Waals surface area (Å²) in [6.45, 7) is 2.03. The molecule has 1 N–H and O–H groups in total. The summed E-state index contributed by atoms with van der Waals surface area (Å²) in [7, 11) is 1.90. The van der Waals surface area contributed by atoms with Gasteiger partial charge in [0.05, 0.1) is 12.3 Å². The third-order valence-electron chi connectivity index (χ3n) is 3.04. The summed E-state index contributed by atoms with van der Waals surface area (Å²) in [6, 6.07) is 7.57. The van der Waals surface area contributed by atoms with Crippen molar-refractivity contribution in [3.8, 4) is 0 Å². The number of aryl methyl sites for hydroxylation is 1. The molecule has 0 amide bonds. The maximum Gasteiger partial charge on any atom is 0.123 e. The summed E-state index contributed by atoms with van der Waals surface area (Å²) < 4.78 is 5.52. The Bertz CT molecular complexity index is 516. The molecule has 0 aliphatic rings. The number of rotatable bonds is 4. The number of halogens is 2. The van der Waals surface area contributed by atoms with Gasteiger partial charge in [0.1, 0.15) is 5.76 Å². The van der Waals surface area contributed by atoms with Crippen LogP contribution >= 0.6 is 23.2 Å². The number of hydrogen-bond donors (Lipinski definition) is 1. The first-order valence-electron chi connectivity index (χ1n) is 5.77. The lowest BCUT2D eigenvalue weighted by molar-refractivity contribution is 0.426. The zero-order valence-corrected chi connectivity index (χ0v) is 11.8.